The average Bonchev–Trinajstić information content (AvgIpc) is 2.76. The van der Waals surface area contributed by atoms with Crippen LogP contribution < -0.4 is 10.6 Å². The van der Waals surface area contributed by atoms with Crippen molar-refractivity contribution in [1.29, 1.82) is 5.41 Å². The smallest absolute Gasteiger partial charge is 0.287 e. The lowest BCUT2D eigenvalue weighted by atomic mass is 9.70. The molecule has 1 atom stereocenters. The molecule has 1 amide bonds. The minimum absolute atomic E-state index is 0.0936. The van der Waals surface area contributed by atoms with E-state index in [0.29, 0.717) is 12.5 Å². The molecule has 0 saturated heterocycles. The summed E-state index contributed by atoms with van der Waals surface area (Å²) in [5, 5.41) is 14.0. The van der Waals surface area contributed by atoms with Crippen LogP contribution in [0.25, 0.3) is 0 Å². The number of carbonyl (C=O) groups excluding carboxylic acids is 2. The van der Waals surface area contributed by atoms with E-state index < -0.39 is 17.1 Å². The Kier molecular flexibility index (Phi) is 8.76. The van der Waals surface area contributed by atoms with Crippen molar-refractivity contribution in [1.82, 2.24) is 5.32 Å². The number of carbonyl (C=O) groups is 2. The molecular weight excluding hydrogens is 429 g/mol. The van der Waals surface area contributed by atoms with Gasteiger partial charge in [-0.3, -0.25) is 9.59 Å². The molecule has 34 heavy (non-hydrogen) atoms. The van der Waals surface area contributed by atoms with E-state index in [1.807, 2.05) is 18.2 Å². The molecule has 0 radical (unpaired) electrons. The number of hydrogen-bond donors (Lipinski definition) is 3. The molecule has 2 aromatic rings. The molecule has 0 spiro atoms. The van der Waals surface area contributed by atoms with Gasteiger partial charge in [0.1, 0.15) is 5.82 Å². The van der Waals surface area contributed by atoms with Crippen LogP contribution >= 0.6 is 0 Å². The van der Waals surface area contributed by atoms with Crippen molar-refractivity contribution in [2.45, 2.75) is 60.8 Å². The van der Waals surface area contributed by atoms with Gasteiger partial charge in [0, 0.05) is 35.1 Å². The summed E-state index contributed by atoms with van der Waals surface area (Å²) in [6.45, 7) is 14.1. The highest BCUT2D eigenvalue weighted by atomic mass is 19.1. The standard InChI is InChI=1S/C28H38FN3O2/c1-18(2)14-23(28(6,7)17-31-26(34)25(33)27(3,4)5)19-8-13-24(20(15-19)16-30)32-22-11-9-21(29)10-12-22/h8-13,15-16,18,23,30,32H,14,17H2,1-7H3,(H,31,34). The topological polar surface area (TPSA) is 82.1 Å². The fraction of sp³-hybridized carbons (Fsp3) is 0.464. The van der Waals surface area contributed by atoms with Crippen molar-refractivity contribution in [3.8, 4) is 0 Å². The largest absolute Gasteiger partial charge is 0.355 e. The number of benzene rings is 2. The Balaban J connectivity index is 2.30. The van der Waals surface area contributed by atoms with Gasteiger partial charge in [-0.25, -0.2) is 4.39 Å². The first kappa shape index (κ1) is 27.2. The van der Waals surface area contributed by atoms with Gasteiger partial charge in [0.15, 0.2) is 0 Å². The number of nitrogens with one attached hydrogen (secondary N) is 3. The number of anilines is 2. The normalized spacial score (nSPS) is 12.9. The summed E-state index contributed by atoms with van der Waals surface area (Å²) in [5.41, 5.74) is 2.23. The lowest BCUT2D eigenvalue weighted by Crippen LogP contribution is -2.44. The van der Waals surface area contributed by atoms with Crippen molar-refractivity contribution in [3.05, 3.63) is 59.4 Å². The van der Waals surface area contributed by atoms with Crippen LogP contribution in [0.3, 0.4) is 0 Å². The Bertz CT molecular complexity index is 1020. The van der Waals surface area contributed by atoms with Gasteiger partial charge in [-0.2, -0.15) is 0 Å². The zero-order chi connectivity index (χ0) is 25.7. The molecule has 0 bridgehead atoms. The molecule has 0 saturated carbocycles. The lowest BCUT2D eigenvalue weighted by Gasteiger charge is -2.36. The Morgan fingerprint density at radius 2 is 1.65 bits per heavy atom. The second-order valence-electron chi connectivity index (χ2n) is 11.1. The van der Waals surface area contributed by atoms with Gasteiger partial charge in [-0.15, -0.1) is 0 Å². The van der Waals surface area contributed by atoms with Crippen molar-refractivity contribution in [3.63, 3.8) is 0 Å². The molecule has 5 nitrogen and oxygen atoms in total. The number of hydrogen-bond acceptors (Lipinski definition) is 4. The first-order valence-electron chi connectivity index (χ1n) is 11.7. The van der Waals surface area contributed by atoms with Crippen LogP contribution in [0.4, 0.5) is 15.8 Å². The van der Waals surface area contributed by atoms with E-state index >= 15 is 0 Å². The number of rotatable bonds is 10. The Hall–Kier alpha value is -3.02. The molecule has 0 fully saturated rings. The fourth-order valence-corrected chi connectivity index (χ4v) is 3.95. The maximum Gasteiger partial charge on any atom is 0.287 e. The lowest BCUT2D eigenvalue weighted by molar-refractivity contribution is -0.142. The first-order chi connectivity index (χ1) is 15.7. The van der Waals surface area contributed by atoms with E-state index in [1.165, 1.54) is 18.3 Å². The monoisotopic (exact) mass is 467 g/mol. The molecule has 3 N–H and O–H groups in total. The van der Waals surface area contributed by atoms with Crippen LogP contribution in [0, 0.1) is 28.0 Å². The van der Waals surface area contributed by atoms with E-state index in [1.54, 1.807) is 32.9 Å². The van der Waals surface area contributed by atoms with Crippen LogP contribution in [0.1, 0.15) is 71.9 Å². The second kappa shape index (κ2) is 10.9. The molecular formula is C28H38FN3O2. The summed E-state index contributed by atoms with van der Waals surface area (Å²) in [6, 6.07) is 12.1. The molecule has 2 aromatic carbocycles. The number of ketones is 1. The molecule has 2 rings (SSSR count). The highest BCUT2D eigenvalue weighted by Gasteiger charge is 2.34. The number of amides is 1. The van der Waals surface area contributed by atoms with E-state index in [-0.39, 0.29) is 17.2 Å². The third-order valence-electron chi connectivity index (χ3n) is 6.00. The number of halogens is 1. The minimum Gasteiger partial charge on any atom is -0.355 e. The van der Waals surface area contributed by atoms with Crippen LogP contribution in [0.5, 0.6) is 0 Å². The summed E-state index contributed by atoms with van der Waals surface area (Å²) in [5.74, 6) is -0.773. The summed E-state index contributed by atoms with van der Waals surface area (Å²) in [4.78, 5) is 24.8. The maximum atomic E-state index is 13.2. The SMILES string of the molecule is CC(C)CC(c1ccc(Nc2ccc(F)cc2)c(C=N)c1)C(C)(C)CNC(=O)C(=O)C(C)(C)C. The molecule has 1 unspecified atom stereocenters. The molecule has 0 aromatic heterocycles. The van der Waals surface area contributed by atoms with Crippen molar-refractivity contribution in [2.24, 2.45) is 16.7 Å². The fourth-order valence-electron chi connectivity index (χ4n) is 3.95. The highest BCUT2D eigenvalue weighted by Crippen LogP contribution is 2.41. The summed E-state index contributed by atoms with van der Waals surface area (Å²) >= 11 is 0. The molecule has 184 valence electrons. The molecule has 0 aliphatic heterocycles. The Morgan fingerprint density at radius 3 is 2.18 bits per heavy atom. The molecule has 0 aliphatic carbocycles. The number of Topliss-reactive ketones (excluding diaryl/α,β-unsaturated/α-hetero) is 1. The average molecular weight is 468 g/mol. The van der Waals surface area contributed by atoms with Gasteiger partial charge in [0.05, 0.1) is 0 Å². The first-order valence-corrected chi connectivity index (χ1v) is 11.7. The predicted octanol–water partition coefficient (Wildman–Crippen LogP) is 6.45. The highest BCUT2D eigenvalue weighted by molar-refractivity contribution is 6.37. The zero-order valence-electron chi connectivity index (χ0n) is 21.4. The van der Waals surface area contributed by atoms with Crippen molar-refractivity contribution in [2.75, 3.05) is 11.9 Å². The van der Waals surface area contributed by atoms with Crippen LogP contribution in [-0.2, 0) is 9.59 Å². The van der Waals surface area contributed by atoms with Gasteiger partial charge < -0.3 is 16.0 Å². The van der Waals surface area contributed by atoms with Gasteiger partial charge in [0.2, 0.25) is 5.78 Å². The van der Waals surface area contributed by atoms with E-state index in [4.69, 9.17) is 5.41 Å². The molecule has 0 aliphatic rings. The third-order valence-corrected chi connectivity index (χ3v) is 6.00. The molecule has 0 heterocycles. The Labute approximate surface area is 203 Å². The summed E-state index contributed by atoms with van der Waals surface area (Å²) in [6.07, 6.45) is 2.19. The quantitative estimate of drug-likeness (QED) is 0.277. The van der Waals surface area contributed by atoms with E-state index in [0.717, 1.165) is 28.9 Å². The van der Waals surface area contributed by atoms with Gasteiger partial charge in [0.25, 0.3) is 5.91 Å². The summed E-state index contributed by atoms with van der Waals surface area (Å²) < 4.78 is 13.2. The van der Waals surface area contributed by atoms with Gasteiger partial charge in [-0.1, -0.05) is 54.5 Å². The summed E-state index contributed by atoms with van der Waals surface area (Å²) in [7, 11) is 0. The molecule has 6 heteroatoms. The zero-order valence-corrected chi connectivity index (χ0v) is 21.4. The third kappa shape index (κ3) is 7.24. The van der Waals surface area contributed by atoms with E-state index in [9.17, 15) is 14.0 Å². The second-order valence-corrected chi connectivity index (χ2v) is 11.1. The van der Waals surface area contributed by atoms with Crippen molar-refractivity contribution >= 4 is 29.3 Å². The van der Waals surface area contributed by atoms with Crippen molar-refractivity contribution < 1.29 is 14.0 Å². The van der Waals surface area contributed by atoms with Gasteiger partial charge >= 0.3 is 0 Å². The van der Waals surface area contributed by atoms with Crippen LogP contribution in [0.2, 0.25) is 0 Å². The van der Waals surface area contributed by atoms with E-state index in [2.05, 4.69) is 38.3 Å². The van der Waals surface area contributed by atoms with Crippen LogP contribution in [-0.4, -0.2) is 24.4 Å². The minimum atomic E-state index is -0.724. The van der Waals surface area contributed by atoms with Gasteiger partial charge in [-0.05, 0) is 65.6 Å². The predicted molar refractivity (Wildman–Crippen MR) is 137 cm³/mol. The maximum absolute atomic E-state index is 13.2. The Morgan fingerprint density at radius 1 is 1.03 bits per heavy atom. The van der Waals surface area contributed by atoms with Crippen LogP contribution in [0.15, 0.2) is 42.5 Å².